The minimum absolute atomic E-state index is 0.00941. The molecule has 1 aliphatic heterocycles. The second kappa shape index (κ2) is 9.03. The van der Waals surface area contributed by atoms with E-state index in [1.807, 2.05) is 35.2 Å². The molecule has 1 saturated heterocycles. The summed E-state index contributed by atoms with van der Waals surface area (Å²) >= 11 is 0. The Morgan fingerprint density at radius 1 is 0.973 bits per heavy atom. The summed E-state index contributed by atoms with van der Waals surface area (Å²) in [7, 11) is 3.10. The Morgan fingerprint density at radius 3 is 2.49 bits per heavy atom. The smallest absolute Gasteiger partial charge is 0.252 e. The number of ether oxygens (including phenoxy) is 1. The van der Waals surface area contributed by atoms with E-state index < -0.39 is 5.41 Å². The van der Waals surface area contributed by atoms with Crippen molar-refractivity contribution in [2.45, 2.75) is 30.6 Å². The molecule has 2 bridgehead atoms. The van der Waals surface area contributed by atoms with Gasteiger partial charge in [0.05, 0.1) is 26.1 Å². The zero-order valence-electron chi connectivity index (χ0n) is 21.3. The predicted molar refractivity (Wildman–Crippen MR) is 140 cm³/mol. The molecular weight excluding hydrogens is 464 g/mol. The molecular formula is C31H32N2O4. The summed E-state index contributed by atoms with van der Waals surface area (Å²) in [5.41, 5.74) is 6.12. The van der Waals surface area contributed by atoms with E-state index >= 15 is 0 Å². The lowest BCUT2D eigenvalue weighted by atomic mass is 9.42. The number of hydroxylamine groups is 1. The molecule has 2 amide bonds. The van der Waals surface area contributed by atoms with E-state index in [4.69, 9.17) is 9.57 Å². The Kier molecular flexibility index (Phi) is 5.80. The van der Waals surface area contributed by atoms with Crippen molar-refractivity contribution in [3.05, 3.63) is 101 Å². The summed E-state index contributed by atoms with van der Waals surface area (Å²) < 4.78 is 5.50. The first-order valence-electron chi connectivity index (χ1n) is 12.9. The number of likely N-dealkylation sites (tertiary alicyclic amines) is 1. The highest BCUT2D eigenvalue weighted by atomic mass is 16.6. The van der Waals surface area contributed by atoms with Crippen LogP contribution in [-0.4, -0.2) is 44.0 Å². The number of methoxy groups -OCH3 is 1. The molecule has 6 heteroatoms. The minimum atomic E-state index is -0.783. The second-order valence-electron chi connectivity index (χ2n) is 10.5. The van der Waals surface area contributed by atoms with Gasteiger partial charge < -0.3 is 9.64 Å². The van der Waals surface area contributed by atoms with Crippen molar-refractivity contribution in [3.63, 3.8) is 0 Å². The van der Waals surface area contributed by atoms with Gasteiger partial charge in [-0.2, -0.15) is 0 Å². The van der Waals surface area contributed by atoms with Crippen molar-refractivity contribution >= 4 is 11.8 Å². The van der Waals surface area contributed by atoms with Gasteiger partial charge in [0.1, 0.15) is 5.75 Å². The highest BCUT2D eigenvalue weighted by Crippen LogP contribution is 2.68. The number of rotatable bonds is 6. The molecule has 0 spiro atoms. The van der Waals surface area contributed by atoms with Crippen LogP contribution in [-0.2, 0) is 26.3 Å². The minimum Gasteiger partial charge on any atom is -0.496 e. The van der Waals surface area contributed by atoms with E-state index in [2.05, 4.69) is 54.0 Å². The van der Waals surface area contributed by atoms with Crippen molar-refractivity contribution in [1.82, 2.24) is 10.4 Å². The Balaban J connectivity index is 1.48. The molecule has 1 N–H and O–H groups in total. The van der Waals surface area contributed by atoms with E-state index in [0.29, 0.717) is 18.8 Å². The molecule has 3 aromatic carbocycles. The summed E-state index contributed by atoms with van der Waals surface area (Å²) in [5.74, 6) is 0.515. The number of nitrogens with one attached hydrogen (secondary N) is 1. The molecule has 0 aromatic heterocycles. The number of nitrogens with zero attached hydrogens (tertiary/aromatic N) is 1. The highest BCUT2D eigenvalue weighted by Gasteiger charge is 2.70. The molecule has 1 heterocycles. The Bertz CT molecular complexity index is 1340. The summed E-state index contributed by atoms with van der Waals surface area (Å²) in [6.45, 7) is 0.888. The third-order valence-electron chi connectivity index (χ3n) is 9.13. The van der Waals surface area contributed by atoms with Gasteiger partial charge in [0.15, 0.2) is 0 Å². The van der Waals surface area contributed by atoms with Crippen molar-refractivity contribution in [2.75, 3.05) is 27.3 Å². The van der Waals surface area contributed by atoms with Gasteiger partial charge in [0.25, 0.3) is 5.91 Å². The number of para-hydroxylation sites is 1. The molecule has 4 aliphatic rings. The van der Waals surface area contributed by atoms with Crippen molar-refractivity contribution in [1.29, 1.82) is 0 Å². The monoisotopic (exact) mass is 496 g/mol. The summed E-state index contributed by atoms with van der Waals surface area (Å²) in [5, 5.41) is 0. The molecule has 3 aliphatic carbocycles. The fourth-order valence-electron chi connectivity index (χ4n) is 7.72. The van der Waals surface area contributed by atoms with Crippen LogP contribution < -0.4 is 10.2 Å². The summed E-state index contributed by atoms with van der Waals surface area (Å²) in [6.07, 6.45) is 2.06. The molecule has 4 atom stereocenters. The average Bonchev–Trinajstić information content (AvgIpc) is 3.38. The fraction of sp³-hybridized carbons (Fsp3) is 0.355. The van der Waals surface area contributed by atoms with Crippen LogP contribution in [0.1, 0.15) is 41.0 Å². The van der Waals surface area contributed by atoms with Crippen LogP contribution in [0.5, 0.6) is 5.75 Å². The Labute approximate surface area is 217 Å². The molecule has 2 fully saturated rings. The van der Waals surface area contributed by atoms with Gasteiger partial charge in [0.2, 0.25) is 5.91 Å². The molecule has 7 rings (SSSR count). The third kappa shape index (κ3) is 3.35. The Morgan fingerprint density at radius 2 is 1.70 bits per heavy atom. The number of amides is 2. The Hall–Kier alpha value is -3.64. The van der Waals surface area contributed by atoms with Crippen LogP contribution in [0.3, 0.4) is 0 Å². The number of hydrogen-bond acceptors (Lipinski definition) is 4. The van der Waals surface area contributed by atoms with Crippen LogP contribution in [0.25, 0.3) is 0 Å². The van der Waals surface area contributed by atoms with Crippen LogP contribution in [0, 0.1) is 11.3 Å². The third-order valence-corrected chi connectivity index (χ3v) is 9.13. The quantitative estimate of drug-likeness (QED) is 0.519. The number of fused-ring (bicyclic) bond motifs is 1. The molecule has 0 unspecified atom stereocenters. The number of carbonyl (C=O) groups excluding carboxylic acids is 2. The standard InChI is InChI=1S/C31H32N2O4/c1-36-26-15-9-6-10-21(26)18-28(34)33-19-27-30(22-11-4-3-5-12-22)17-16-25(23-13-7-8-14-24(23)30)31(27,20-33)29(35)32-37-2/h3-15,25,27H,16-20H2,1-2H3,(H,32,35)/t25-,27-,30-,31-/m1/s1. The van der Waals surface area contributed by atoms with Gasteiger partial charge in [-0.15, -0.1) is 0 Å². The molecule has 3 aromatic rings. The lowest BCUT2D eigenvalue weighted by molar-refractivity contribution is -0.150. The second-order valence-corrected chi connectivity index (χ2v) is 10.5. The van der Waals surface area contributed by atoms with Gasteiger partial charge in [-0.3, -0.25) is 14.4 Å². The first-order valence-corrected chi connectivity index (χ1v) is 12.9. The molecule has 0 radical (unpaired) electrons. The molecule has 190 valence electrons. The maximum Gasteiger partial charge on any atom is 0.252 e. The van der Waals surface area contributed by atoms with Crippen LogP contribution in [0.4, 0.5) is 0 Å². The summed E-state index contributed by atoms with van der Waals surface area (Å²) in [6, 6.07) is 26.7. The van der Waals surface area contributed by atoms with E-state index in [9.17, 15) is 9.59 Å². The fourth-order valence-corrected chi connectivity index (χ4v) is 7.72. The van der Waals surface area contributed by atoms with Gasteiger partial charge in [0, 0.05) is 35.9 Å². The number of carbonyl (C=O) groups is 2. The number of benzene rings is 3. The van der Waals surface area contributed by atoms with E-state index in [1.54, 1.807) is 7.11 Å². The molecule has 6 nitrogen and oxygen atoms in total. The van der Waals surface area contributed by atoms with Gasteiger partial charge in [-0.25, -0.2) is 5.48 Å². The lowest BCUT2D eigenvalue weighted by Crippen LogP contribution is -2.62. The van der Waals surface area contributed by atoms with Crippen molar-refractivity contribution in [2.24, 2.45) is 11.3 Å². The first kappa shape index (κ1) is 23.7. The zero-order chi connectivity index (χ0) is 25.6. The van der Waals surface area contributed by atoms with Gasteiger partial charge in [-0.05, 0) is 35.6 Å². The van der Waals surface area contributed by atoms with Gasteiger partial charge in [-0.1, -0.05) is 72.8 Å². The average molecular weight is 497 g/mol. The van der Waals surface area contributed by atoms with Crippen molar-refractivity contribution in [3.8, 4) is 5.75 Å². The molecule has 37 heavy (non-hydrogen) atoms. The highest BCUT2D eigenvalue weighted by molar-refractivity contribution is 5.88. The van der Waals surface area contributed by atoms with Crippen LogP contribution >= 0.6 is 0 Å². The predicted octanol–water partition coefficient (Wildman–Crippen LogP) is 4.24. The number of hydrogen-bond donors (Lipinski definition) is 1. The van der Waals surface area contributed by atoms with Crippen molar-refractivity contribution < 1.29 is 19.2 Å². The van der Waals surface area contributed by atoms with E-state index in [1.165, 1.54) is 23.8 Å². The van der Waals surface area contributed by atoms with Crippen LogP contribution in [0.2, 0.25) is 0 Å². The SMILES string of the molecule is CONC(=O)[C@@]12CN(C(=O)Cc3ccccc3OC)C[C@@H]1[C@@]1(c3ccccc3)CC[C@@H]2c2ccccc21. The van der Waals surface area contributed by atoms with E-state index in [-0.39, 0.29) is 35.5 Å². The van der Waals surface area contributed by atoms with Gasteiger partial charge >= 0.3 is 0 Å². The maximum absolute atomic E-state index is 14.0. The van der Waals surface area contributed by atoms with Crippen LogP contribution in [0.15, 0.2) is 78.9 Å². The summed E-state index contributed by atoms with van der Waals surface area (Å²) in [4.78, 5) is 34.9. The molecule has 1 saturated carbocycles. The normalized spacial score (nSPS) is 27.4. The topological polar surface area (TPSA) is 67.9 Å². The first-order chi connectivity index (χ1) is 18.1. The zero-order valence-corrected chi connectivity index (χ0v) is 21.3. The van der Waals surface area contributed by atoms with E-state index in [0.717, 1.165) is 18.4 Å². The maximum atomic E-state index is 14.0. The lowest BCUT2D eigenvalue weighted by Gasteiger charge is -2.60. The largest absolute Gasteiger partial charge is 0.496 e.